The molecule has 0 fully saturated rings. The Bertz CT molecular complexity index is 1010. The molecule has 0 aromatic carbocycles. The zero-order valence-corrected chi connectivity index (χ0v) is 14.3. The van der Waals surface area contributed by atoms with Crippen molar-refractivity contribution in [3.8, 4) is 0 Å². The number of hydrogen-bond donors (Lipinski definition) is 2. The van der Waals surface area contributed by atoms with E-state index in [1.165, 1.54) is 0 Å². The number of nitrogen functional groups attached to an aromatic ring is 1. The highest BCUT2D eigenvalue weighted by Gasteiger charge is 2.15. The van der Waals surface area contributed by atoms with E-state index in [0.717, 1.165) is 12.1 Å². The van der Waals surface area contributed by atoms with Crippen LogP contribution in [0.2, 0.25) is 0 Å². The number of fused-ring (bicyclic) bond motifs is 3. The second-order valence-electron chi connectivity index (χ2n) is 6.19. The zero-order chi connectivity index (χ0) is 17.5. The van der Waals surface area contributed by atoms with Crippen molar-refractivity contribution in [3.63, 3.8) is 0 Å². The second-order valence-corrected chi connectivity index (χ2v) is 7.76. The molecule has 3 rings (SSSR count). The normalized spacial score (nSPS) is 12.5. The predicted molar refractivity (Wildman–Crippen MR) is 92.2 cm³/mol. The van der Waals surface area contributed by atoms with Crippen molar-refractivity contribution in [1.29, 1.82) is 0 Å². The first-order valence-corrected chi connectivity index (χ1v) is 9.20. The van der Waals surface area contributed by atoms with Crippen molar-refractivity contribution in [2.45, 2.75) is 26.8 Å². The van der Waals surface area contributed by atoms with Gasteiger partial charge in [0.1, 0.15) is 16.6 Å². The van der Waals surface area contributed by atoms with E-state index >= 15 is 0 Å². The summed E-state index contributed by atoms with van der Waals surface area (Å²) in [5.74, 6) is 0.379. The highest BCUT2D eigenvalue weighted by molar-refractivity contribution is 7.85. The van der Waals surface area contributed by atoms with Crippen LogP contribution < -0.4 is 5.73 Å². The van der Waals surface area contributed by atoms with E-state index in [4.69, 9.17) is 10.3 Å². The lowest BCUT2D eigenvalue weighted by molar-refractivity contribution is 0.482. The molecule has 0 radical (unpaired) electrons. The molecule has 8 nitrogen and oxygen atoms in total. The van der Waals surface area contributed by atoms with Crippen LogP contribution in [0.1, 0.15) is 19.5 Å². The minimum absolute atomic E-state index is 0.124. The first kappa shape index (κ1) is 16.6. The van der Waals surface area contributed by atoms with E-state index < -0.39 is 10.1 Å². The number of aryl methyl sites for hydroxylation is 1. The van der Waals surface area contributed by atoms with Crippen LogP contribution in [0.3, 0.4) is 0 Å². The van der Waals surface area contributed by atoms with Crippen molar-refractivity contribution in [1.82, 2.24) is 19.5 Å². The zero-order valence-electron chi connectivity index (χ0n) is 13.5. The van der Waals surface area contributed by atoms with Gasteiger partial charge in [-0.2, -0.15) is 8.42 Å². The first-order chi connectivity index (χ1) is 11.2. The van der Waals surface area contributed by atoms with E-state index in [1.54, 1.807) is 18.5 Å². The monoisotopic (exact) mass is 349 g/mol. The molecule has 0 spiro atoms. The molecule has 0 saturated carbocycles. The van der Waals surface area contributed by atoms with Gasteiger partial charge in [-0.15, -0.1) is 0 Å². The molecule has 3 aromatic heterocycles. The lowest BCUT2D eigenvalue weighted by Gasteiger charge is -2.10. The molecule has 0 aliphatic carbocycles. The molecule has 0 atom stereocenters. The van der Waals surface area contributed by atoms with Gasteiger partial charge in [0.15, 0.2) is 5.82 Å². The predicted octanol–water partition coefficient (Wildman–Crippen LogP) is 1.65. The van der Waals surface area contributed by atoms with E-state index in [0.29, 0.717) is 34.0 Å². The Hall–Kier alpha value is -2.26. The number of aromatic nitrogens is 4. The quantitative estimate of drug-likeness (QED) is 0.671. The summed E-state index contributed by atoms with van der Waals surface area (Å²) in [5.41, 5.74) is 9.19. The average Bonchev–Trinajstić information content (AvgIpc) is 2.89. The van der Waals surface area contributed by atoms with E-state index in [-0.39, 0.29) is 12.2 Å². The highest BCUT2D eigenvalue weighted by Crippen LogP contribution is 2.26. The Labute approximate surface area is 139 Å². The molecule has 3 heterocycles. The molecular weight excluding hydrogens is 330 g/mol. The highest BCUT2D eigenvalue weighted by atomic mass is 32.2. The minimum atomic E-state index is -4.03. The number of anilines is 1. The van der Waals surface area contributed by atoms with E-state index in [1.807, 2.05) is 4.57 Å². The van der Waals surface area contributed by atoms with Gasteiger partial charge in [-0.3, -0.25) is 4.55 Å². The summed E-state index contributed by atoms with van der Waals surface area (Å²) < 4.78 is 32.8. The van der Waals surface area contributed by atoms with Crippen LogP contribution in [-0.4, -0.2) is 38.2 Å². The van der Waals surface area contributed by atoms with Crippen molar-refractivity contribution < 1.29 is 13.0 Å². The number of imidazole rings is 1. The molecule has 0 amide bonds. The molecule has 0 unspecified atom stereocenters. The van der Waals surface area contributed by atoms with Gasteiger partial charge in [0, 0.05) is 18.7 Å². The second kappa shape index (κ2) is 5.99. The maximum Gasteiger partial charge on any atom is 0.265 e. The van der Waals surface area contributed by atoms with Crippen molar-refractivity contribution in [2.75, 3.05) is 11.5 Å². The van der Waals surface area contributed by atoms with Crippen LogP contribution in [-0.2, 0) is 23.1 Å². The van der Waals surface area contributed by atoms with E-state index in [9.17, 15) is 8.42 Å². The SMILES string of the molecule is CC(C)Cn1cnc2c(N)nc3ccc(CCS(=O)(=O)O)nc3c21. The number of nitrogens with two attached hydrogens (primary N) is 1. The topological polar surface area (TPSA) is 124 Å². The number of rotatable bonds is 5. The van der Waals surface area contributed by atoms with Gasteiger partial charge in [-0.25, -0.2) is 15.0 Å². The molecule has 0 aliphatic rings. The minimum Gasteiger partial charge on any atom is -0.382 e. The van der Waals surface area contributed by atoms with Gasteiger partial charge < -0.3 is 10.3 Å². The van der Waals surface area contributed by atoms with Gasteiger partial charge in [-0.05, 0) is 18.1 Å². The van der Waals surface area contributed by atoms with Gasteiger partial charge in [-0.1, -0.05) is 13.8 Å². The van der Waals surface area contributed by atoms with Crippen LogP contribution >= 0.6 is 0 Å². The molecule has 0 bridgehead atoms. The van der Waals surface area contributed by atoms with Crippen LogP contribution in [0.25, 0.3) is 22.1 Å². The third kappa shape index (κ3) is 3.31. The molecule has 0 aliphatic heterocycles. The van der Waals surface area contributed by atoms with Gasteiger partial charge >= 0.3 is 0 Å². The molecule has 9 heteroatoms. The summed E-state index contributed by atoms with van der Waals surface area (Å²) in [5, 5.41) is 0. The van der Waals surface area contributed by atoms with Gasteiger partial charge in [0.25, 0.3) is 10.1 Å². The summed E-state index contributed by atoms with van der Waals surface area (Å²) in [7, 11) is -4.03. The Morgan fingerprint density at radius 1 is 1.25 bits per heavy atom. The lowest BCUT2D eigenvalue weighted by Crippen LogP contribution is -2.08. The third-order valence-corrected chi connectivity index (χ3v) is 4.38. The van der Waals surface area contributed by atoms with Crippen LogP contribution in [0, 0.1) is 5.92 Å². The Kier molecular flexibility index (Phi) is 4.14. The average molecular weight is 349 g/mol. The smallest absolute Gasteiger partial charge is 0.265 e. The fourth-order valence-electron chi connectivity index (χ4n) is 2.66. The summed E-state index contributed by atoms with van der Waals surface area (Å²) in [6, 6.07) is 3.44. The van der Waals surface area contributed by atoms with Crippen molar-refractivity contribution in [3.05, 3.63) is 24.2 Å². The summed E-state index contributed by atoms with van der Waals surface area (Å²) in [6.07, 6.45) is 1.84. The van der Waals surface area contributed by atoms with Gasteiger partial charge in [0.2, 0.25) is 0 Å². The Morgan fingerprint density at radius 3 is 2.67 bits per heavy atom. The van der Waals surface area contributed by atoms with Crippen LogP contribution in [0.4, 0.5) is 5.82 Å². The molecular formula is C15H19N5O3S. The number of nitrogens with zero attached hydrogens (tertiary/aromatic N) is 4. The maximum atomic E-state index is 10.9. The van der Waals surface area contributed by atoms with Crippen molar-refractivity contribution in [2.24, 2.45) is 5.92 Å². The fourth-order valence-corrected chi connectivity index (χ4v) is 3.13. The summed E-state index contributed by atoms with van der Waals surface area (Å²) in [4.78, 5) is 13.2. The van der Waals surface area contributed by atoms with E-state index in [2.05, 4.69) is 28.8 Å². The summed E-state index contributed by atoms with van der Waals surface area (Å²) in [6.45, 7) is 4.96. The maximum absolute atomic E-state index is 10.9. The molecule has 24 heavy (non-hydrogen) atoms. The fraction of sp³-hybridized carbons (Fsp3) is 0.400. The van der Waals surface area contributed by atoms with Crippen LogP contribution in [0.15, 0.2) is 18.5 Å². The summed E-state index contributed by atoms with van der Waals surface area (Å²) >= 11 is 0. The third-order valence-electron chi connectivity index (χ3n) is 3.66. The Morgan fingerprint density at radius 2 is 2.00 bits per heavy atom. The first-order valence-electron chi connectivity index (χ1n) is 7.59. The largest absolute Gasteiger partial charge is 0.382 e. The molecule has 128 valence electrons. The van der Waals surface area contributed by atoms with Gasteiger partial charge in [0.05, 0.1) is 17.6 Å². The number of hydrogen-bond acceptors (Lipinski definition) is 6. The standard InChI is InChI=1S/C15H19N5O3S/c1-9(2)7-20-8-17-13-14(20)12-11(19-15(13)16)4-3-10(18-12)5-6-24(21,22)23/h3-4,8-9H,5-7H2,1-2H3,(H2,16,19)(H,21,22,23). The molecule has 3 N–H and O–H groups in total. The molecule has 0 saturated heterocycles. The molecule has 3 aromatic rings. The Balaban J connectivity index is 2.17. The number of pyridine rings is 2. The van der Waals surface area contributed by atoms with Crippen molar-refractivity contribution >= 4 is 38.0 Å². The lowest BCUT2D eigenvalue weighted by atomic mass is 10.2. The van der Waals surface area contributed by atoms with Crippen LogP contribution in [0.5, 0.6) is 0 Å².